The number of hydrogen-bond acceptors (Lipinski definition) is 5. The van der Waals surface area contributed by atoms with Gasteiger partial charge < -0.3 is 14.8 Å². The molecule has 4 rings (SSSR count). The second-order valence-electron chi connectivity index (χ2n) is 7.38. The van der Waals surface area contributed by atoms with Crippen LogP contribution in [0.4, 0.5) is 5.00 Å². The first-order chi connectivity index (χ1) is 15.2. The van der Waals surface area contributed by atoms with Crippen LogP contribution < -0.4 is 10.1 Å². The number of hydrogen-bond donors (Lipinski definition) is 1. The molecule has 2 aromatic carbocycles. The second-order valence-corrected chi connectivity index (χ2v) is 8.49. The predicted molar refractivity (Wildman–Crippen MR) is 122 cm³/mol. The molecule has 5 nitrogen and oxygen atoms in total. The van der Waals surface area contributed by atoms with Gasteiger partial charge in [0.1, 0.15) is 16.5 Å². The molecule has 0 unspecified atom stereocenters. The fourth-order valence-electron chi connectivity index (χ4n) is 3.72. The number of aryl methyl sites for hydroxylation is 1. The minimum Gasteiger partial charge on any atom is -0.462 e. The number of ether oxygens (including phenoxy) is 2. The Kier molecular flexibility index (Phi) is 6.67. The van der Waals surface area contributed by atoms with Crippen molar-refractivity contribution in [3.05, 3.63) is 76.2 Å². The van der Waals surface area contributed by atoms with Crippen LogP contribution >= 0.6 is 11.3 Å². The van der Waals surface area contributed by atoms with E-state index >= 15 is 0 Å². The van der Waals surface area contributed by atoms with Gasteiger partial charge in [-0.3, -0.25) is 4.79 Å². The number of carbonyl (C=O) groups excluding carboxylic acids is 2. The highest BCUT2D eigenvalue weighted by Crippen LogP contribution is 2.38. The van der Waals surface area contributed by atoms with Crippen molar-refractivity contribution in [3.63, 3.8) is 0 Å². The Labute approximate surface area is 186 Å². The lowest BCUT2D eigenvalue weighted by molar-refractivity contribution is 0.0527. The highest BCUT2D eigenvalue weighted by Gasteiger charge is 2.26. The van der Waals surface area contributed by atoms with Crippen LogP contribution in [-0.4, -0.2) is 18.5 Å². The zero-order chi connectivity index (χ0) is 21.6. The molecule has 0 saturated heterocycles. The molecule has 0 radical (unpaired) electrons. The van der Waals surface area contributed by atoms with Crippen molar-refractivity contribution in [2.24, 2.45) is 0 Å². The number of benzene rings is 2. The van der Waals surface area contributed by atoms with Gasteiger partial charge in [-0.2, -0.15) is 0 Å². The standard InChI is InChI=1S/C25H25NO4S/c1-2-29-25(28)22-20-11-7-4-8-12-21(20)31-24(22)26-23(27)17-13-15-19(16-14-17)30-18-9-5-3-6-10-18/h3,5-6,9-10,13-16H,2,4,7-8,11-12H2,1H3,(H,26,27). The molecule has 1 aliphatic carbocycles. The monoisotopic (exact) mass is 435 g/mol. The zero-order valence-corrected chi connectivity index (χ0v) is 18.3. The molecule has 0 saturated carbocycles. The number of fused-ring (bicyclic) bond motifs is 1. The lowest BCUT2D eigenvalue weighted by atomic mass is 10.1. The van der Waals surface area contributed by atoms with Crippen LogP contribution in [0.2, 0.25) is 0 Å². The van der Waals surface area contributed by atoms with Crippen molar-refractivity contribution >= 4 is 28.2 Å². The molecule has 1 aromatic heterocycles. The van der Waals surface area contributed by atoms with Crippen LogP contribution in [0.15, 0.2) is 54.6 Å². The van der Waals surface area contributed by atoms with E-state index in [-0.39, 0.29) is 11.9 Å². The summed E-state index contributed by atoms with van der Waals surface area (Å²) < 4.78 is 11.1. The van der Waals surface area contributed by atoms with Crippen molar-refractivity contribution in [3.8, 4) is 11.5 Å². The van der Waals surface area contributed by atoms with Gasteiger partial charge in [0.25, 0.3) is 5.91 Å². The van der Waals surface area contributed by atoms with Gasteiger partial charge in [0.2, 0.25) is 0 Å². The number of carbonyl (C=O) groups is 2. The number of para-hydroxylation sites is 1. The van der Waals surface area contributed by atoms with Gasteiger partial charge in [0.05, 0.1) is 12.2 Å². The number of esters is 1. The molecule has 1 amide bonds. The van der Waals surface area contributed by atoms with E-state index < -0.39 is 0 Å². The number of nitrogens with one attached hydrogen (secondary N) is 1. The van der Waals surface area contributed by atoms with Crippen molar-refractivity contribution < 1.29 is 19.1 Å². The maximum atomic E-state index is 12.9. The Hall–Kier alpha value is -3.12. The number of rotatable bonds is 6. The average Bonchev–Trinajstić information content (AvgIpc) is 2.95. The van der Waals surface area contributed by atoms with E-state index in [1.54, 1.807) is 31.2 Å². The smallest absolute Gasteiger partial charge is 0.341 e. The quantitative estimate of drug-likeness (QED) is 0.368. The fraction of sp³-hybridized carbons (Fsp3) is 0.280. The maximum Gasteiger partial charge on any atom is 0.341 e. The molecule has 160 valence electrons. The summed E-state index contributed by atoms with van der Waals surface area (Å²) in [5.74, 6) is 0.772. The van der Waals surface area contributed by atoms with E-state index in [9.17, 15) is 9.59 Å². The minimum atomic E-state index is -0.358. The normalized spacial score (nSPS) is 13.1. The molecular formula is C25H25NO4S. The van der Waals surface area contributed by atoms with Gasteiger partial charge in [-0.1, -0.05) is 24.6 Å². The predicted octanol–water partition coefficient (Wildman–Crippen LogP) is 6.24. The molecule has 6 heteroatoms. The Morgan fingerprint density at radius 1 is 0.935 bits per heavy atom. The minimum absolute atomic E-state index is 0.256. The molecule has 0 bridgehead atoms. The first kappa shape index (κ1) is 21.1. The lowest BCUT2D eigenvalue weighted by Gasteiger charge is -2.09. The Balaban J connectivity index is 1.53. The Morgan fingerprint density at radius 3 is 2.39 bits per heavy atom. The van der Waals surface area contributed by atoms with Gasteiger partial charge in [-0.15, -0.1) is 11.3 Å². The largest absolute Gasteiger partial charge is 0.462 e. The summed E-state index contributed by atoms with van der Waals surface area (Å²) in [6.07, 6.45) is 5.09. The van der Waals surface area contributed by atoms with Crippen LogP contribution in [0.3, 0.4) is 0 Å². The zero-order valence-electron chi connectivity index (χ0n) is 17.5. The topological polar surface area (TPSA) is 64.6 Å². The lowest BCUT2D eigenvalue weighted by Crippen LogP contribution is -2.15. The number of thiophene rings is 1. The van der Waals surface area contributed by atoms with Gasteiger partial charge >= 0.3 is 5.97 Å². The highest BCUT2D eigenvalue weighted by atomic mass is 32.1. The molecule has 0 fully saturated rings. The van der Waals surface area contributed by atoms with Crippen molar-refractivity contribution in [1.82, 2.24) is 0 Å². The van der Waals surface area contributed by atoms with Crippen LogP contribution in [-0.2, 0) is 17.6 Å². The van der Waals surface area contributed by atoms with Crippen molar-refractivity contribution in [1.29, 1.82) is 0 Å². The first-order valence-electron chi connectivity index (χ1n) is 10.6. The molecule has 0 spiro atoms. The summed E-state index contributed by atoms with van der Waals surface area (Å²) in [5, 5.41) is 3.53. The summed E-state index contributed by atoms with van der Waals surface area (Å²) in [4.78, 5) is 26.7. The van der Waals surface area contributed by atoms with Crippen molar-refractivity contribution in [2.45, 2.75) is 39.0 Å². The van der Waals surface area contributed by atoms with E-state index in [0.29, 0.717) is 28.5 Å². The first-order valence-corrected chi connectivity index (χ1v) is 11.4. The summed E-state index contributed by atoms with van der Waals surface area (Å²) in [7, 11) is 0. The fourth-order valence-corrected chi connectivity index (χ4v) is 5.00. The van der Waals surface area contributed by atoms with Crippen LogP contribution in [0.25, 0.3) is 0 Å². The third-order valence-corrected chi connectivity index (χ3v) is 6.43. The van der Waals surface area contributed by atoms with Crippen LogP contribution in [0, 0.1) is 0 Å². The van der Waals surface area contributed by atoms with Gasteiger partial charge in [0, 0.05) is 10.4 Å². The molecule has 1 aliphatic rings. The van der Waals surface area contributed by atoms with E-state index in [1.807, 2.05) is 30.3 Å². The SMILES string of the molecule is CCOC(=O)c1c(NC(=O)c2ccc(Oc3ccccc3)cc2)sc2c1CCCCC2. The maximum absolute atomic E-state index is 12.9. The molecule has 1 N–H and O–H groups in total. The highest BCUT2D eigenvalue weighted by molar-refractivity contribution is 7.17. The Bertz CT molecular complexity index is 1060. The van der Waals surface area contributed by atoms with E-state index in [4.69, 9.17) is 9.47 Å². The van der Waals surface area contributed by atoms with Crippen molar-refractivity contribution in [2.75, 3.05) is 11.9 Å². The van der Waals surface area contributed by atoms with E-state index in [1.165, 1.54) is 16.2 Å². The molecule has 31 heavy (non-hydrogen) atoms. The van der Waals surface area contributed by atoms with Crippen LogP contribution in [0.1, 0.15) is 57.3 Å². The number of anilines is 1. The molecule has 3 aromatic rings. The van der Waals surface area contributed by atoms with Gasteiger partial charge in [0.15, 0.2) is 0 Å². The molecule has 0 aliphatic heterocycles. The summed E-state index contributed by atoms with van der Waals surface area (Å²) >= 11 is 1.50. The van der Waals surface area contributed by atoms with E-state index in [2.05, 4.69) is 5.32 Å². The average molecular weight is 436 g/mol. The van der Waals surface area contributed by atoms with E-state index in [0.717, 1.165) is 43.4 Å². The molecule has 0 atom stereocenters. The number of amides is 1. The van der Waals surface area contributed by atoms with Gasteiger partial charge in [-0.05, 0) is 74.6 Å². The third kappa shape index (κ3) is 4.97. The summed E-state index contributed by atoms with van der Waals surface area (Å²) in [6.45, 7) is 2.10. The summed E-state index contributed by atoms with van der Waals surface area (Å²) in [6, 6.07) is 16.4. The second kappa shape index (κ2) is 9.79. The third-order valence-electron chi connectivity index (χ3n) is 5.22. The van der Waals surface area contributed by atoms with Crippen LogP contribution in [0.5, 0.6) is 11.5 Å². The van der Waals surface area contributed by atoms with Gasteiger partial charge in [-0.25, -0.2) is 4.79 Å². The molecular weight excluding hydrogens is 410 g/mol. The summed E-state index contributed by atoms with van der Waals surface area (Å²) in [5.41, 5.74) is 2.07. The Morgan fingerprint density at radius 2 is 1.65 bits per heavy atom. The molecule has 1 heterocycles.